The van der Waals surface area contributed by atoms with Crippen LogP contribution in [0.4, 0.5) is 18.9 Å². The van der Waals surface area contributed by atoms with Crippen LogP contribution in [0.3, 0.4) is 0 Å². The normalized spacial score (nSPS) is 15.9. The minimum atomic E-state index is -4.30. The van der Waals surface area contributed by atoms with Gasteiger partial charge in [-0.15, -0.1) is 0 Å². The van der Waals surface area contributed by atoms with Gasteiger partial charge >= 0.3 is 6.18 Å². The summed E-state index contributed by atoms with van der Waals surface area (Å²) in [5, 5.41) is 6.50. The number of aliphatic imine (C=N–C) groups is 1. The molecule has 1 aromatic heterocycles. The fraction of sp³-hybridized carbons (Fsp3) is 0.500. The summed E-state index contributed by atoms with van der Waals surface area (Å²) in [5.74, 6) is 1.60. The third-order valence-corrected chi connectivity index (χ3v) is 5.34. The number of furan rings is 1. The Morgan fingerprint density at radius 3 is 2.55 bits per heavy atom. The number of piperazine rings is 1. The highest BCUT2D eigenvalue weighted by atomic mass is 19.4. The molecular weight excluding hydrogens is 407 g/mol. The molecule has 2 aromatic rings. The minimum absolute atomic E-state index is 0.586. The summed E-state index contributed by atoms with van der Waals surface area (Å²) >= 11 is 0. The van der Waals surface area contributed by atoms with Crippen molar-refractivity contribution in [2.75, 3.05) is 51.2 Å². The maximum Gasteiger partial charge on any atom is 0.416 e. The standard InChI is InChI=1S/C22H30F3N5O/c1-26-21(28-17-20-8-5-15-31-20)27-9-2-3-10-29-11-13-30(14-12-29)19-7-4-6-18(16-19)22(23,24)25/h4-8,15-16H,2-3,9-14,17H2,1H3,(H2,26,27,28). The van der Waals surface area contributed by atoms with Gasteiger partial charge in [-0.2, -0.15) is 13.2 Å². The molecule has 3 rings (SSSR count). The topological polar surface area (TPSA) is 56.0 Å². The van der Waals surface area contributed by atoms with Crippen molar-refractivity contribution in [3.8, 4) is 0 Å². The molecule has 1 aromatic carbocycles. The van der Waals surface area contributed by atoms with Crippen molar-refractivity contribution >= 4 is 11.6 Å². The summed E-state index contributed by atoms with van der Waals surface area (Å²) in [4.78, 5) is 8.60. The number of rotatable bonds is 8. The van der Waals surface area contributed by atoms with E-state index in [1.165, 1.54) is 12.1 Å². The molecule has 2 N–H and O–H groups in total. The van der Waals surface area contributed by atoms with Gasteiger partial charge in [0.1, 0.15) is 5.76 Å². The quantitative estimate of drug-likeness (QED) is 0.376. The van der Waals surface area contributed by atoms with E-state index in [0.717, 1.165) is 69.9 Å². The molecule has 1 aliphatic rings. The molecule has 6 nitrogen and oxygen atoms in total. The monoisotopic (exact) mass is 437 g/mol. The Bertz CT molecular complexity index is 815. The van der Waals surface area contributed by atoms with Crippen molar-refractivity contribution < 1.29 is 17.6 Å². The molecule has 0 unspecified atom stereocenters. The number of hydrogen-bond donors (Lipinski definition) is 2. The van der Waals surface area contributed by atoms with E-state index in [0.29, 0.717) is 12.2 Å². The Kier molecular flexibility index (Phi) is 8.22. The van der Waals surface area contributed by atoms with Crippen LogP contribution in [0.1, 0.15) is 24.2 Å². The maximum atomic E-state index is 12.9. The van der Waals surface area contributed by atoms with Crippen molar-refractivity contribution in [3.63, 3.8) is 0 Å². The van der Waals surface area contributed by atoms with E-state index in [1.54, 1.807) is 19.4 Å². The van der Waals surface area contributed by atoms with Crippen LogP contribution in [0, 0.1) is 0 Å². The van der Waals surface area contributed by atoms with Gasteiger partial charge in [-0.1, -0.05) is 6.07 Å². The summed E-state index contributed by atoms with van der Waals surface area (Å²) in [5.41, 5.74) is 0.0562. The largest absolute Gasteiger partial charge is 0.467 e. The summed E-state index contributed by atoms with van der Waals surface area (Å²) in [7, 11) is 1.74. The summed E-state index contributed by atoms with van der Waals surface area (Å²) in [6.07, 6.45) is -0.601. The molecule has 0 radical (unpaired) electrons. The van der Waals surface area contributed by atoms with Gasteiger partial charge in [0.2, 0.25) is 0 Å². The first-order valence-corrected chi connectivity index (χ1v) is 10.6. The van der Waals surface area contributed by atoms with Crippen molar-refractivity contribution in [2.24, 2.45) is 4.99 Å². The van der Waals surface area contributed by atoms with Crippen molar-refractivity contribution in [2.45, 2.75) is 25.6 Å². The van der Waals surface area contributed by atoms with Crippen LogP contribution < -0.4 is 15.5 Å². The van der Waals surface area contributed by atoms with Crippen LogP contribution in [-0.4, -0.2) is 57.2 Å². The van der Waals surface area contributed by atoms with Gasteiger partial charge in [-0.3, -0.25) is 9.89 Å². The molecule has 0 spiro atoms. The predicted octanol–water partition coefficient (Wildman–Crippen LogP) is 3.57. The Hall–Kier alpha value is -2.68. The van der Waals surface area contributed by atoms with E-state index in [9.17, 15) is 13.2 Å². The zero-order chi connectivity index (χ0) is 22.1. The fourth-order valence-electron chi connectivity index (χ4n) is 3.58. The van der Waals surface area contributed by atoms with Crippen LogP contribution in [0.15, 0.2) is 52.1 Å². The number of nitrogens with one attached hydrogen (secondary N) is 2. The number of anilines is 1. The third kappa shape index (κ3) is 7.20. The van der Waals surface area contributed by atoms with Crippen LogP contribution in [-0.2, 0) is 12.7 Å². The van der Waals surface area contributed by atoms with E-state index in [-0.39, 0.29) is 0 Å². The molecule has 0 saturated carbocycles. The number of benzene rings is 1. The van der Waals surface area contributed by atoms with Gasteiger partial charge in [0.25, 0.3) is 0 Å². The molecule has 1 fully saturated rings. The van der Waals surface area contributed by atoms with Gasteiger partial charge in [0, 0.05) is 45.5 Å². The van der Waals surface area contributed by atoms with Gasteiger partial charge < -0.3 is 20.0 Å². The number of guanidine groups is 1. The first kappa shape index (κ1) is 23.0. The molecule has 0 atom stereocenters. The highest BCUT2D eigenvalue weighted by Gasteiger charge is 2.31. The van der Waals surface area contributed by atoms with Crippen LogP contribution in [0.2, 0.25) is 0 Å². The lowest BCUT2D eigenvalue weighted by Crippen LogP contribution is -2.46. The van der Waals surface area contributed by atoms with Crippen LogP contribution in [0.25, 0.3) is 0 Å². The second kappa shape index (κ2) is 11.1. The second-order valence-electron chi connectivity index (χ2n) is 7.52. The van der Waals surface area contributed by atoms with E-state index in [4.69, 9.17) is 4.42 Å². The average molecular weight is 438 g/mol. The summed E-state index contributed by atoms with van der Waals surface area (Å²) in [6.45, 7) is 5.58. The smallest absolute Gasteiger partial charge is 0.416 e. The Balaban J connectivity index is 1.31. The van der Waals surface area contributed by atoms with Gasteiger partial charge in [-0.25, -0.2) is 0 Å². The van der Waals surface area contributed by atoms with Crippen LogP contribution in [0.5, 0.6) is 0 Å². The van der Waals surface area contributed by atoms with Gasteiger partial charge in [-0.05, 0) is 49.7 Å². The third-order valence-electron chi connectivity index (χ3n) is 5.34. The van der Waals surface area contributed by atoms with Gasteiger partial charge in [0.05, 0.1) is 18.4 Å². The lowest BCUT2D eigenvalue weighted by Gasteiger charge is -2.36. The number of hydrogen-bond acceptors (Lipinski definition) is 4. The second-order valence-corrected chi connectivity index (χ2v) is 7.52. The Morgan fingerprint density at radius 1 is 1.06 bits per heavy atom. The van der Waals surface area contributed by atoms with E-state index in [2.05, 4.69) is 20.5 Å². The van der Waals surface area contributed by atoms with E-state index in [1.807, 2.05) is 17.0 Å². The van der Waals surface area contributed by atoms with Crippen molar-refractivity contribution in [1.82, 2.24) is 15.5 Å². The van der Waals surface area contributed by atoms with E-state index < -0.39 is 11.7 Å². The molecular formula is C22H30F3N5O. The molecule has 1 saturated heterocycles. The predicted molar refractivity (Wildman–Crippen MR) is 116 cm³/mol. The fourth-order valence-corrected chi connectivity index (χ4v) is 3.58. The average Bonchev–Trinajstić information content (AvgIpc) is 3.29. The lowest BCUT2D eigenvalue weighted by molar-refractivity contribution is -0.137. The molecule has 0 aliphatic carbocycles. The summed E-state index contributed by atoms with van der Waals surface area (Å²) in [6, 6.07) is 9.36. The number of nitrogens with zero attached hydrogens (tertiary/aromatic N) is 3. The minimum Gasteiger partial charge on any atom is -0.467 e. The van der Waals surface area contributed by atoms with Crippen molar-refractivity contribution in [1.29, 1.82) is 0 Å². The number of halogens is 3. The molecule has 9 heteroatoms. The van der Waals surface area contributed by atoms with Gasteiger partial charge in [0.15, 0.2) is 5.96 Å². The van der Waals surface area contributed by atoms with Crippen LogP contribution >= 0.6 is 0 Å². The zero-order valence-electron chi connectivity index (χ0n) is 17.8. The first-order valence-electron chi connectivity index (χ1n) is 10.6. The molecule has 0 bridgehead atoms. The Labute approximate surface area is 181 Å². The lowest BCUT2D eigenvalue weighted by atomic mass is 10.1. The molecule has 2 heterocycles. The first-order chi connectivity index (χ1) is 15.0. The summed E-state index contributed by atoms with van der Waals surface area (Å²) < 4.78 is 44.1. The number of unbranched alkanes of at least 4 members (excludes halogenated alkanes) is 1. The highest BCUT2D eigenvalue weighted by Crippen LogP contribution is 2.31. The zero-order valence-corrected chi connectivity index (χ0v) is 17.8. The number of alkyl halides is 3. The molecule has 0 amide bonds. The SMILES string of the molecule is CN=C(NCCCCN1CCN(c2cccc(C(F)(F)F)c2)CC1)NCc1ccco1. The molecule has 31 heavy (non-hydrogen) atoms. The van der Waals surface area contributed by atoms with E-state index >= 15 is 0 Å². The van der Waals surface area contributed by atoms with Crippen molar-refractivity contribution in [3.05, 3.63) is 54.0 Å². The maximum absolute atomic E-state index is 12.9. The molecule has 1 aliphatic heterocycles. The molecule has 170 valence electrons. The Morgan fingerprint density at radius 2 is 1.87 bits per heavy atom. The highest BCUT2D eigenvalue weighted by molar-refractivity contribution is 5.79.